The Kier molecular flexibility index (Phi) is 4.49. The minimum absolute atomic E-state index is 0.858. The smallest absolute Gasteiger partial charge is 0.00958 e. The van der Waals surface area contributed by atoms with E-state index in [9.17, 15) is 0 Å². The number of hydrogen-bond acceptors (Lipinski definition) is 1. The molecule has 2 rings (SSSR count). The van der Waals surface area contributed by atoms with Gasteiger partial charge in [0, 0.05) is 6.04 Å². The summed E-state index contributed by atoms with van der Waals surface area (Å²) in [6, 6.07) is 0.858. The van der Waals surface area contributed by atoms with Gasteiger partial charge in [-0.15, -0.1) is 0 Å². The third kappa shape index (κ3) is 3.21. The van der Waals surface area contributed by atoms with Gasteiger partial charge in [0.2, 0.25) is 0 Å². The van der Waals surface area contributed by atoms with E-state index in [0.29, 0.717) is 0 Å². The van der Waals surface area contributed by atoms with Crippen LogP contribution in [0.4, 0.5) is 0 Å². The molecule has 15 heavy (non-hydrogen) atoms. The van der Waals surface area contributed by atoms with Crippen molar-refractivity contribution in [1.29, 1.82) is 0 Å². The molecular formula is C14H27N. The first kappa shape index (κ1) is 11.4. The second-order valence-electron chi connectivity index (χ2n) is 5.60. The lowest BCUT2D eigenvalue weighted by molar-refractivity contribution is 0.301. The number of hydrogen-bond donors (Lipinski definition) is 1. The minimum Gasteiger partial charge on any atom is -0.314 e. The van der Waals surface area contributed by atoms with Gasteiger partial charge in [-0.3, -0.25) is 0 Å². The zero-order valence-corrected chi connectivity index (χ0v) is 10.3. The summed E-state index contributed by atoms with van der Waals surface area (Å²) in [5.41, 5.74) is 0. The lowest BCUT2D eigenvalue weighted by atomic mass is 9.83. The van der Waals surface area contributed by atoms with Crippen LogP contribution in [-0.2, 0) is 0 Å². The largest absolute Gasteiger partial charge is 0.314 e. The van der Waals surface area contributed by atoms with Crippen molar-refractivity contribution in [3.8, 4) is 0 Å². The van der Waals surface area contributed by atoms with Crippen molar-refractivity contribution in [2.75, 3.05) is 6.54 Å². The van der Waals surface area contributed by atoms with E-state index in [-0.39, 0.29) is 0 Å². The molecule has 1 aliphatic heterocycles. The van der Waals surface area contributed by atoms with E-state index in [0.717, 1.165) is 17.9 Å². The Labute approximate surface area is 95.0 Å². The molecule has 0 aromatic rings. The van der Waals surface area contributed by atoms with E-state index < -0.39 is 0 Å². The van der Waals surface area contributed by atoms with Crippen LogP contribution in [0.15, 0.2) is 0 Å². The van der Waals surface area contributed by atoms with Crippen LogP contribution in [0.2, 0.25) is 0 Å². The second kappa shape index (κ2) is 5.89. The summed E-state index contributed by atoms with van der Waals surface area (Å²) in [7, 11) is 0. The van der Waals surface area contributed by atoms with Crippen molar-refractivity contribution in [1.82, 2.24) is 5.32 Å². The normalized spacial score (nSPS) is 33.4. The first-order valence-electron chi connectivity index (χ1n) is 7.13. The Balaban J connectivity index is 1.67. The maximum absolute atomic E-state index is 3.70. The van der Waals surface area contributed by atoms with Gasteiger partial charge in [0.15, 0.2) is 0 Å². The van der Waals surface area contributed by atoms with Crippen LogP contribution in [0.1, 0.15) is 64.7 Å². The highest BCUT2D eigenvalue weighted by atomic mass is 14.9. The summed E-state index contributed by atoms with van der Waals surface area (Å²) in [5, 5.41) is 3.70. The highest BCUT2D eigenvalue weighted by molar-refractivity contribution is 4.83. The van der Waals surface area contributed by atoms with Crippen LogP contribution in [-0.4, -0.2) is 12.6 Å². The fraction of sp³-hybridized carbons (Fsp3) is 1.00. The molecule has 0 radical (unpaired) electrons. The molecule has 1 saturated heterocycles. The van der Waals surface area contributed by atoms with Gasteiger partial charge in [0.25, 0.3) is 0 Å². The van der Waals surface area contributed by atoms with Crippen molar-refractivity contribution < 1.29 is 0 Å². The van der Waals surface area contributed by atoms with Crippen LogP contribution in [0, 0.1) is 11.8 Å². The van der Waals surface area contributed by atoms with E-state index >= 15 is 0 Å². The zero-order valence-electron chi connectivity index (χ0n) is 10.3. The molecule has 0 aromatic heterocycles. The Bertz CT molecular complexity index is 172. The van der Waals surface area contributed by atoms with Crippen molar-refractivity contribution in [3.63, 3.8) is 0 Å². The van der Waals surface area contributed by atoms with Crippen LogP contribution in [0.3, 0.4) is 0 Å². The Morgan fingerprint density at radius 2 is 1.80 bits per heavy atom. The van der Waals surface area contributed by atoms with E-state index in [1.54, 1.807) is 0 Å². The molecule has 2 aliphatic rings. The van der Waals surface area contributed by atoms with Crippen molar-refractivity contribution in [2.45, 2.75) is 70.8 Å². The van der Waals surface area contributed by atoms with E-state index in [2.05, 4.69) is 12.2 Å². The zero-order chi connectivity index (χ0) is 10.5. The van der Waals surface area contributed by atoms with Gasteiger partial charge < -0.3 is 5.32 Å². The summed E-state index contributed by atoms with van der Waals surface area (Å²) < 4.78 is 0. The van der Waals surface area contributed by atoms with Crippen LogP contribution < -0.4 is 5.32 Å². The maximum atomic E-state index is 3.70. The number of nitrogens with one attached hydrogen (secondary N) is 1. The summed E-state index contributed by atoms with van der Waals surface area (Å²) >= 11 is 0. The molecule has 1 heterocycles. The van der Waals surface area contributed by atoms with Gasteiger partial charge in [0.1, 0.15) is 0 Å². The first-order chi connectivity index (χ1) is 7.40. The lowest BCUT2D eigenvalue weighted by Crippen LogP contribution is -2.27. The Hall–Kier alpha value is -0.0400. The van der Waals surface area contributed by atoms with Gasteiger partial charge in [-0.25, -0.2) is 0 Å². The molecule has 1 heteroatoms. The lowest BCUT2D eigenvalue weighted by Gasteiger charge is -2.24. The molecule has 1 aliphatic carbocycles. The molecule has 0 aromatic carbocycles. The molecule has 0 spiro atoms. The van der Waals surface area contributed by atoms with E-state index in [1.807, 2.05) is 0 Å². The minimum atomic E-state index is 0.858. The third-order valence-corrected chi connectivity index (χ3v) is 4.63. The predicted molar refractivity (Wildman–Crippen MR) is 66.0 cm³/mol. The fourth-order valence-corrected chi connectivity index (χ4v) is 3.54. The maximum Gasteiger partial charge on any atom is 0.00958 e. The highest BCUT2D eigenvalue weighted by Gasteiger charge is 2.25. The molecule has 1 N–H and O–H groups in total. The molecule has 0 bridgehead atoms. The van der Waals surface area contributed by atoms with Crippen molar-refractivity contribution in [2.24, 2.45) is 11.8 Å². The molecule has 2 fully saturated rings. The van der Waals surface area contributed by atoms with Gasteiger partial charge in [-0.2, -0.15) is 0 Å². The topological polar surface area (TPSA) is 12.0 Å². The van der Waals surface area contributed by atoms with Crippen LogP contribution in [0.25, 0.3) is 0 Å². The summed E-state index contributed by atoms with van der Waals surface area (Å²) in [4.78, 5) is 0. The first-order valence-corrected chi connectivity index (χ1v) is 7.13. The van der Waals surface area contributed by atoms with Crippen molar-refractivity contribution >= 4 is 0 Å². The molecule has 88 valence electrons. The monoisotopic (exact) mass is 209 g/mol. The standard InChI is InChI=1S/C14H27N/c1-2-13-10-11-15-14(13)9-8-12-6-4-3-5-7-12/h12-15H,2-11H2,1H3/t13-,14-/m1/s1. The molecule has 0 amide bonds. The quantitative estimate of drug-likeness (QED) is 0.744. The van der Waals surface area contributed by atoms with Crippen molar-refractivity contribution in [3.05, 3.63) is 0 Å². The van der Waals surface area contributed by atoms with E-state index in [4.69, 9.17) is 0 Å². The highest BCUT2D eigenvalue weighted by Crippen LogP contribution is 2.30. The van der Waals surface area contributed by atoms with Gasteiger partial charge in [0.05, 0.1) is 0 Å². The average molecular weight is 209 g/mol. The second-order valence-corrected chi connectivity index (χ2v) is 5.60. The average Bonchev–Trinajstić information content (AvgIpc) is 2.75. The molecule has 0 unspecified atom stereocenters. The van der Waals surface area contributed by atoms with E-state index in [1.165, 1.54) is 64.3 Å². The summed E-state index contributed by atoms with van der Waals surface area (Å²) in [6.07, 6.45) is 13.3. The predicted octanol–water partition coefficient (Wildman–Crippen LogP) is 3.74. The summed E-state index contributed by atoms with van der Waals surface area (Å²) in [6.45, 7) is 3.62. The Morgan fingerprint density at radius 1 is 1.00 bits per heavy atom. The molecule has 2 atom stereocenters. The van der Waals surface area contributed by atoms with Gasteiger partial charge in [-0.1, -0.05) is 45.4 Å². The molecule has 1 saturated carbocycles. The molecule has 1 nitrogen and oxygen atoms in total. The number of rotatable bonds is 4. The van der Waals surface area contributed by atoms with Crippen LogP contribution in [0.5, 0.6) is 0 Å². The van der Waals surface area contributed by atoms with Crippen LogP contribution >= 0.6 is 0 Å². The SMILES string of the molecule is CC[C@@H]1CCN[C@@H]1CCC1CCCCC1. The fourth-order valence-electron chi connectivity index (χ4n) is 3.54. The van der Waals surface area contributed by atoms with Gasteiger partial charge in [-0.05, 0) is 37.6 Å². The summed E-state index contributed by atoms with van der Waals surface area (Å²) in [5.74, 6) is 2.05. The third-order valence-electron chi connectivity index (χ3n) is 4.63. The van der Waals surface area contributed by atoms with Gasteiger partial charge >= 0.3 is 0 Å². The Morgan fingerprint density at radius 3 is 2.53 bits per heavy atom. The molecular weight excluding hydrogens is 182 g/mol.